The molecule has 0 aliphatic heterocycles. The van der Waals surface area contributed by atoms with E-state index in [1.54, 1.807) is 24.3 Å². The quantitative estimate of drug-likeness (QED) is 0.367. The predicted octanol–water partition coefficient (Wildman–Crippen LogP) is 0.867. The second-order valence-corrected chi connectivity index (χ2v) is 6.82. The van der Waals surface area contributed by atoms with Crippen molar-refractivity contribution in [1.82, 2.24) is 30.8 Å². The van der Waals surface area contributed by atoms with Gasteiger partial charge in [0.05, 0.1) is 5.39 Å². The summed E-state index contributed by atoms with van der Waals surface area (Å²) in [5, 5.41) is 8.58. The average molecular weight is 391 g/mol. The Balaban J connectivity index is 2.07. The summed E-state index contributed by atoms with van der Waals surface area (Å²) in [6.07, 6.45) is 1.67. The number of nitrogens with zero attached hydrogens (tertiary/aromatic N) is 3. The Morgan fingerprint density at radius 1 is 1.22 bits per heavy atom. The summed E-state index contributed by atoms with van der Waals surface area (Å²) in [5.74, 6) is -0.450. The van der Waals surface area contributed by atoms with Crippen LogP contribution in [0.2, 0.25) is 0 Å². The molecule has 8 nitrogen and oxygen atoms in total. The summed E-state index contributed by atoms with van der Waals surface area (Å²) >= 11 is 5.16. The van der Waals surface area contributed by atoms with E-state index < -0.39 is 5.91 Å². The van der Waals surface area contributed by atoms with Crippen molar-refractivity contribution in [3.05, 3.63) is 40.3 Å². The normalized spacial score (nSPS) is 10.8. The summed E-state index contributed by atoms with van der Waals surface area (Å²) in [6.45, 7) is 4.04. The summed E-state index contributed by atoms with van der Waals surface area (Å²) in [7, 11) is 4.01. The zero-order valence-electron chi connectivity index (χ0n) is 15.9. The first-order valence-corrected chi connectivity index (χ1v) is 9.33. The highest BCUT2D eigenvalue weighted by Crippen LogP contribution is 2.13. The van der Waals surface area contributed by atoms with Gasteiger partial charge in [-0.15, -0.1) is 0 Å². The maximum Gasteiger partial charge on any atom is 0.290 e. The fraction of sp³-hybridized carbons (Fsp3) is 0.444. The third kappa shape index (κ3) is 5.73. The molecule has 0 aliphatic rings. The number of rotatable bonds is 7. The Bertz CT molecular complexity index is 865. The van der Waals surface area contributed by atoms with E-state index in [4.69, 9.17) is 12.2 Å². The third-order valence-corrected chi connectivity index (χ3v) is 4.12. The van der Waals surface area contributed by atoms with Gasteiger partial charge in [0, 0.05) is 18.5 Å². The summed E-state index contributed by atoms with van der Waals surface area (Å²) < 4.78 is 1.33. The van der Waals surface area contributed by atoms with Gasteiger partial charge in [-0.05, 0) is 51.8 Å². The number of hydrogen-bond donors (Lipinski definition) is 3. The molecule has 27 heavy (non-hydrogen) atoms. The number of hydrazine groups is 1. The van der Waals surface area contributed by atoms with Crippen molar-refractivity contribution < 1.29 is 4.79 Å². The summed E-state index contributed by atoms with van der Waals surface area (Å²) in [6, 6.07) is 6.96. The predicted molar refractivity (Wildman–Crippen MR) is 111 cm³/mol. The highest BCUT2D eigenvalue weighted by Gasteiger charge is 2.16. The second-order valence-electron chi connectivity index (χ2n) is 6.41. The van der Waals surface area contributed by atoms with Crippen molar-refractivity contribution in [2.45, 2.75) is 26.3 Å². The Morgan fingerprint density at radius 3 is 2.59 bits per heavy atom. The number of aromatic nitrogens is 2. The number of carbonyl (C=O) groups excluding carboxylic acids is 1. The van der Waals surface area contributed by atoms with Crippen LogP contribution >= 0.6 is 12.2 Å². The van der Waals surface area contributed by atoms with E-state index in [-0.39, 0.29) is 11.3 Å². The van der Waals surface area contributed by atoms with Crippen LogP contribution in [0.5, 0.6) is 0 Å². The van der Waals surface area contributed by atoms with Gasteiger partial charge in [0.1, 0.15) is 0 Å². The van der Waals surface area contributed by atoms with Crippen LogP contribution in [0.25, 0.3) is 10.8 Å². The molecule has 0 bridgehead atoms. The molecule has 9 heteroatoms. The second kappa shape index (κ2) is 9.98. The maximum absolute atomic E-state index is 12.6. The topological polar surface area (TPSA) is 91.3 Å². The van der Waals surface area contributed by atoms with Gasteiger partial charge < -0.3 is 10.2 Å². The van der Waals surface area contributed by atoms with Crippen molar-refractivity contribution in [3.63, 3.8) is 0 Å². The molecular weight excluding hydrogens is 364 g/mol. The first-order chi connectivity index (χ1) is 12.9. The molecule has 0 atom stereocenters. The molecule has 0 spiro atoms. The van der Waals surface area contributed by atoms with Gasteiger partial charge in [0.2, 0.25) is 0 Å². The largest absolute Gasteiger partial charge is 0.361 e. The van der Waals surface area contributed by atoms with Gasteiger partial charge in [0.15, 0.2) is 10.8 Å². The Kier molecular flexibility index (Phi) is 7.68. The van der Waals surface area contributed by atoms with Crippen LogP contribution in [0.3, 0.4) is 0 Å². The Hall–Kier alpha value is -2.52. The van der Waals surface area contributed by atoms with Gasteiger partial charge in [-0.25, -0.2) is 4.68 Å². The fourth-order valence-electron chi connectivity index (χ4n) is 2.58. The number of hydrogen-bond acceptors (Lipinski definition) is 5. The molecule has 0 radical (unpaired) electrons. The minimum atomic E-state index is -0.450. The van der Waals surface area contributed by atoms with Crippen molar-refractivity contribution in [2.24, 2.45) is 0 Å². The molecule has 3 N–H and O–H groups in total. The first kappa shape index (κ1) is 20.8. The fourth-order valence-corrected chi connectivity index (χ4v) is 2.73. The molecule has 0 fully saturated rings. The van der Waals surface area contributed by atoms with Gasteiger partial charge in [-0.2, -0.15) is 5.10 Å². The number of thiocarbonyl (C=S) groups is 1. The number of carbonyl (C=O) groups is 1. The van der Waals surface area contributed by atoms with Gasteiger partial charge in [-0.3, -0.25) is 20.4 Å². The molecule has 1 aromatic heterocycles. The van der Waals surface area contributed by atoms with Crippen molar-refractivity contribution in [2.75, 3.05) is 27.2 Å². The number of nitrogens with one attached hydrogen (secondary N) is 3. The molecule has 146 valence electrons. The average Bonchev–Trinajstić information content (AvgIpc) is 2.65. The maximum atomic E-state index is 12.6. The van der Waals surface area contributed by atoms with Crippen LogP contribution < -0.4 is 21.7 Å². The lowest BCUT2D eigenvalue weighted by Gasteiger charge is -2.14. The number of aryl methyl sites for hydroxylation is 1. The van der Waals surface area contributed by atoms with Crippen LogP contribution in [-0.2, 0) is 6.54 Å². The number of fused-ring (bicyclic) bond motifs is 1. The van der Waals surface area contributed by atoms with Crippen molar-refractivity contribution >= 4 is 34.0 Å². The molecule has 0 saturated carbocycles. The highest BCUT2D eigenvalue weighted by atomic mass is 32.1. The van der Waals surface area contributed by atoms with E-state index in [0.29, 0.717) is 29.0 Å². The van der Waals surface area contributed by atoms with Crippen molar-refractivity contribution in [3.8, 4) is 0 Å². The molecule has 0 saturated heterocycles. The monoisotopic (exact) mass is 390 g/mol. The smallest absolute Gasteiger partial charge is 0.290 e. The third-order valence-electron chi connectivity index (χ3n) is 3.88. The molecule has 2 aromatic rings. The van der Waals surface area contributed by atoms with E-state index in [0.717, 1.165) is 19.4 Å². The van der Waals surface area contributed by atoms with Crippen molar-refractivity contribution in [1.29, 1.82) is 0 Å². The molecular formula is C18H26N6O2S. The van der Waals surface area contributed by atoms with Crippen LogP contribution in [0.4, 0.5) is 0 Å². The molecule has 1 amide bonds. The number of amides is 1. The standard InChI is InChI=1S/C18H26N6O2S/c1-4-11-24-17(26)14-9-6-5-8-13(14)15(22-24)16(25)20-21-18(27)19-10-7-12-23(2)3/h5-6,8-9H,4,7,10-12H2,1-3H3,(H,20,25)(H2,19,21,27). The van der Waals surface area contributed by atoms with E-state index in [9.17, 15) is 9.59 Å². The minimum Gasteiger partial charge on any atom is -0.361 e. The number of benzene rings is 1. The first-order valence-electron chi connectivity index (χ1n) is 8.92. The lowest BCUT2D eigenvalue weighted by atomic mass is 10.1. The van der Waals surface area contributed by atoms with Crippen LogP contribution in [-0.4, -0.2) is 52.9 Å². The lowest BCUT2D eigenvalue weighted by Crippen LogP contribution is -2.47. The Morgan fingerprint density at radius 2 is 1.93 bits per heavy atom. The molecule has 1 aromatic carbocycles. The molecule has 1 heterocycles. The zero-order valence-corrected chi connectivity index (χ0v) is 16.7. The van der Waals surface area contributed by atoms with Crippen LogP contribution in [0.1, 0.15) is 30.3 Å². The minimum absolute atomic E-state index is 0.182. The van der Waals surface area contributed by atoms with E-state index in [1.807, 2.05) is 21.0 Å². The summed E-state index contributed by atoms with van der Waals surface area (Å²) in [5.41, 5.74) is 5.21. The van der Waals surface area contributed by atoms with Gasteiger partial charge in [-0.1, -0.05) is 25.1 Å². The molecule has 2 rings (SSSR count). The Labute approximate surface area is 163 Å². The van der Waals surface area contributed by atoms with Crippen LogP contribution in [0.15, 0.2) is 29.1 Å². The van der Waals surface area contributed by atoms with E-state index in [2.05, 4.69) is 26.2 Å². The lowest BCUT2D eigenvalue weighted by molar-refractivity contribution is 0.0938. The zero-order chi connectivity index (χ0) is 19.8. The summed E-state index contributed by atoms with van der Waals surface area (Å²) in [4.78, 5) is 27.2. The van der Waals surface area contributed by atoms with Gasteiger partial charge >= 0.3 is 0 Å². The van der Waals surface area contributed by atoms with E-state index >= 15 is 0 Å². The van der Waals surface area contributed by atoms with Gasteiger partial charge in [0.25, 0.3) is 11.5 Å². The van der Waals surface area contributed by atoms with Crippen LogP contribution in [0, 0.1) is 0 Å². The van der Waals surface area contributed by atoms with E-state index in [1.165, 1.54) is 4.68 Å². The highest BCUT2D eigenvalue weighted by molar-refractivity contribution is 7.80. The molecule has 0 unspecified atom stereocenters. The molecule has 0 aliphatic carbocycles. The SMILES string of the molecule is CCCn1nc(C(=O)NNC(=S)NCCCN(C)C)c2ccccc2c1=O.